The summed E-state index contributed by atoms with van der Waals surface area (Å²) in [7, 11) is 0. The van der Waals surface area contributed by atoms with Gasteiger partial charge in [0, 0.05) is 23.6 Å². The second kappa shape index (κ2) is 5.01. The van der Waals surface area contributed by atoms with Crippen molar-refractivity contribution < 1.29 is 9.53 Å². The zero-order valence-corrected chi connectivity index (χ0v) is 9.82. The van der Waals surface area contributed by atoms with E-state index in [1.165, 1.54) is 0 Å². The fraction of sp³-hybridized carbons (Fsp3) is 0.308. The highest BCUT2D eigenvalue weighted by atomic mass is 16.5. The van der Waals surface area contributed by atoms with Crippen LogP contribution >= 0.6 is 0 Å². The predicted molar refractivity (Wildman–Crippen MR) is 66.5 cm³/mol. The maximum atomic E-state index is 11.4. The third-order valence-corrected chi connectivity index (χ3v) is 2.71. The summed E-state index contributed by atoms with van der Waals surface area (Å²) in [6.45, 7) is 2.72. The van der Waals surface area contributed by atoms with Crippen LogP contribution in [0.2, 0.25) is 0 Å². The van der Waals surface area contributed by atoms with Gasteiger partial charge in [-0.3, -0.25) is 4.79 Å². The first-order valence-electron chi connectivity index (χ1n) is 5.69. The molecule has 3 N–H and O–H groups in total. The summed E-state index contributed by atoms with van der Waals surface area (Å²) in [4.78, 5) is 14.6. The van der Waals surface area contributed by atoms with Gasteiger partial charge < -0.3 is 15.5 Å². The van der Waals surface area contributed by atoms with Crippen LogP contribution in [0.15, 0.2) is 24.4 Å². The molecule has 0 radical (unpaired) electrons. The molecule has 0 spiro atoms. The summed E-state index contributed by atoms with van der Waals surface area (Å²) in [5, 5.41) is 1.04. The molecule has 0 aliphatic carbocycles. The fourth-order valence-corrected chi connectivity index (χ4v) is 1.87. The maximum Gasteiger partial charge on any atom is 0.310 e. The normalized spacial score (nSPS) is 10.7. The zero-order chi connectivity index (χ0) is 12.3. The number of ether oxygens (including phenoxy) is 1. The van der Waals surface area contributed by atoms with Crippen LogP contribution in [0, 0.1) is 0 Å². The third-order valence-electron chi connectivity index (χ3n) is 2.71. The second-order valence-electron chi connectivity index (χ2n) is 3.88. The number of carbonyl (C=O) groups excluding carboxylic acids is 1. The van der Waals surface area contributed by atoms with E-state index in [9.17, 15) is 4.79 Å². The number of esters is 1. The van der Waals surface area contributed by atoms with E-state index in [4.69, 9.17) is 10.5 Å². The summed E-state index contributed by atoms with van der Waals surface area (Å²) in [6.07, 6.45) is 2.14. The molecule has 1 aromatic carbocycles. The summed E-state index contributed by atoms with van der Waals surface area (Å²) < 4.78 is 4.94. The van der Waals surface area contributed by atoms with Crippen molar-refractivity contribution in [2.24, 2.45) is 5.73 Å². The van der Waals surface area contributed by atoms with Crippen LogP contribution in [0.3, 0.4) is 0 Å². The molecule has 0 unspecified atom stereocenters. The summed E-state index contributed by atoms with van der Waals surface area (Å²) >= 11 is 0. The van der Waals surface area contributed by atoms with E-state index >= 15 is 0 Å². The number of hydrogen-bond acceptors (Lipinski definition) is 3. The van der Waals surface area contributed by atoms with Gasteiger partial charge in [-0.15, -0.1) is 0 Å². The zero-order valence-electron chi connectivity index (χ0n) is 9.82. The molecule has 2 rings (SSSR count). The van der Waals surface area contributed by atoms with Gasteiger partial charge in [-0.2, -0.15) is 0 Å². The molecule has 0 saturated carbocycles. The molecule has 90 valence electrons. The molecule has 1 aromatic heterocycles. The van der Waals surface area contributed by atoms with Crippen LogP contribution in [0.5, 0.6) is 0 Å². The largest absolute Gasteiger partial charge is 0.466 e. The Bertz CT molecular complexity index is 531. The summed E-state index contributed by atoms with van der Waals surface area (Å²) in [5.41, 5.74) is 8.63. The molecule has 0 atom stereocenters. The predicted octanol–water partition coefficient (Wildman–Crippen LogP) is 1.73. The van der Waals surface area contributed by atoms with Crippen molar-refractivity contribution in [3.8, 4) is 0 Å². The van der Waals surface area contributed by atoms with Crippen molar-refractivity contribution in [2.45, 2.75) is 19.9 Å². The van der Waals surface area contributed by atoms with Crippen LogP contribution < -0.4 is 5.73 Å². The van der Waals surface area contributed by atoms with Gasteiger partial charge in [-0.05, 0) is 30.2 Å². The fourth-order valence-electron chi connectivity index (χ4n) is 1.87. The van der Waals surface area contributed by atoms with E-state index in [1.807, 2.05) is 24.4 Å². The molecule has 17 heavy (non-hydrogen) atoms. The molecule has 0 bridgehead atoms. The van der Waals surface area contributed by atoms with Gasteiger partial charge in [0.2, 0.25) is 0 Å². The van der Waals surface area contributed by atoms with E-state index in [0.717, 1.165) is 22.0 Å². The molecule has 0 fully saturated rings. The lowest BCUT2D eigenvalue weighted by Crippen LogP contribution is -2.07. The lowest BCUT2D eigenvalue weighted by atomic mass is 10.1. The van der Waals surface area contributed by atoms with Crippen molar-refractivity contribution in [3.05, 3.63) is 35.5 Å². The average molecular weight is 232 g/mol. The third kappa shape index (κ3) is 2.47. The van der Waals surface area contributed by atoms with E-state index in [2.05, 4.69) is 4.98 Å². The first-order valence-corrected chi connectivity index (χ1v) is 5.69. The van der Waals surface area contributed by atoms with Crippen molar-refractivity contribution in [3.63, 3.8) is 0 Å². The van der Waals surface area contributed by atoms with Gasteiger partial charge in [0.05, 0.1) is 13.0 Å². The van der Waals surface area contributed by atoms with Gasteiger partial charge in [0.15, 0.2) is 0 Å². The summed E-state index contributed by atoms with van der Waals surface area (Å²) in [6, 6.07) is 5.97. The topological polar surface area (TPSA) is 68.1 Å². The lowest BCUT2D eigenvalue weighted by Gasteiger charge is -2.01. The second-order valence-corrected chi connectivity index (χ2v) is 3.88. The van der Waals surface area contributed by atoms with Crippen LogP contribution in [0.4, 0.5) is 0 Å². The smallest absolute Gasteiger partial charge is 0.310 e. The first-order chi connectivity index (χ1) is 8.24. The Hall–Kier alpha value is -1.81. The Morgan fingerprint density at radius 2 is 2.29 bits per heavy atom. The Kier molecular flexibility index (Phi) is 3.44. The highest BCUT2D eigenvalue weighted by Crippen LogP contribution is 2.20. The number of H-pyrrole nitrogens is 1. The van der Waals surface area contributed by atoms with Crippen LogP contribution in [0.25, 0.3) is 10.9 Å². The van der Waals surface area contributed by atoms with E-state index in [1.54, 1.807) is 6.92 Å². The van der Waals surface area contributed by atoms with Gasteiger partial charge in [-0.25, -0.2) is 0 Å². The molecule has 0 aliphatic rings. The van der Waals surface area contributed by atoms with E-state index in [-0.39, 0.29) is 5.97 Å². The number of hydrogen-bond donors (Lipinski definition) is 2. The number of aromatic amines is 1. The molecule has 0 aliphatic heterocycles. The Morgan fingerprint density at radius 1 is 1.47 bits per heavy atom. The standard InChI is InChI=1S/C13H16N2O2/c1-2-17-13(16)6-10-8-15-12-4-3-9(7-14)5-11(10)12/h3-5,8,15H,2,6-7,14H2,1H3. The molecule has 1 heterocycles. The minimum absolute atomic E-state index is 0.202. The van der Waals surface area contributed by atoms with Crippen molar-refractivity contribution in [2.75, 3.05) is 6.61 Å². The van der Waals surface area contributed by atoms with Gasteiger partial charge >= 0.3 is 5.97 Å². The Morgan fingerprint density at radius 3 is 3.00 bits per heavy atom. The highest BCUT2D eigenvalue weighted by Gasteiger charge is 2.09. The maximum absolute atomic E-state index is 11.4. The van der Waals surface area contributed by atoms with Gasteiger partial charge in [-0.1, -0.05) is 6.07 Å². The molecular formula is C13H16N2O2. The Labute approximate surface area is 99.8 Å². The van der Waals surface area contributed by atoms with E-state index < -0.39 is 0 Å². The first kappa shape index (κ1) is 11.7. The van der Waals surface area contributed by atoms with Crippen LogP contribution in [-0.4, -0.2) is 17.6 Å². The molecule has 4 nitrogen and oxygen atoms in total. The monoisotopic (exact) mass is 232 g/mol. The quantitative estimate of drug-likeness (QED) is 0.789. The number of aromatic nitrogens is 1. The number of fused-ring (bicyclic) bond motifs is 1. The van der Waals surface area contributed by atoms with Crippen LogP contribution in [-0.2, 0) is 22.5 Å². The van der Waals surface area contributed by atoms with Gasteiger partial charge in [0.1, 0.15) is 0 Å². The SMILES string of the molecule is CCOC(=O)Cc1c[nH]c2ccc(CN)cc12. The van der Waals surface area contributed by atoms with Crippen molar-refractivity contribution in [1.82, 2.24) is 4.98 Å². The average Bonchev–Trinajstić information content (AvgIpc) is 2.72. The number of benzene rings is 1. The minimum Gasteiger partial charge on any atom is -0.466 e. The number of carbonyl (C=O) groups is 1. The Balaban J connectivity index is 2.30. The van der Waals surface area contributed by atoms with Gasteiger partial charge in [0.25, 0.3) is 0 Å². The van der Waals surface area contributed by atoms with E-state index in [0.29, 0.717) is 19.6 Å². The lowest BCUT2D eigenvalue weighted by molar-refractivity contribution is -0.142. The van der Waals surface area contributed by atoms with Crippen molar-refractivity contribution in [1.29, 1.82) is 0 Å². The number of nitrogens with one attached hydrogen (secondary N) is 1. The number of rotatable bonds is 4. The molecule has 4 heteroatoms. The minimum atomic E-state index is -0.202. The highest BCUT2D eigenvalue weighted by molar-refractivity contribution is 5.87. The van der Waals surface area contributed by atoms with Crippen LogP contribution in [0.1, 0.15) is 18.1 Å². The molecule has 0 amide bonds. The summed E-state index contributed by atoms with van der Waals surface area (Å²) in [5.74, 6) is -0.202. The number of nitrogens with two attached hydrogens (primary N) is 1. The van der Waals surface area contributed by atoms with Crippen molar-refractivity contribution >= 4 is 16.9 Å². The molecule has 0 saturated heterocycles. The molecular weight excluding hydrogens is 216 g/mol. The molecule has 2 aromatic rings.